The fourth-order valence-electron chi connectivity index (χ4n) is 10.1. The van der Waals surface area contributed by atoms with Crippen LogP contribution in [0.3, 0.4) is 0 Å². The Hall–Kier alpha value is -1.94. The van der Waals surface area contributed by atoms with E-state index in [1.54, 1.807) is 0 Å². The predicted octanol–water partition coefficient (Wildman–Crippen LogP) is 19.0. The lowest BCUT2D eigenvalue weighted by Crippen LogP contribution is -2.30. The number of aliphatic hydroxyl groups is 1. The number of rotatable bonds is 67. The van der Waals surface area contributed by atoms with Gasteiger partial charge in [0.05, 0.1) is 26.4 Å². The van der Waals surface area contributed by atoms with Crippen molar-refractivity contribution in [3.8, 4) is 0 Å². The van der Waals surface area contributed by atoms with Crippen LogP contribution in [0, 0.1) is 5.92 Å². The van der Waals surface area contributed by atoms with Gasteiger partial charge in [-0.15, -0.1) is 0 Å². The van der Waals surface area contributed by atoms with Crippen LogP contribution in [-0.4, -0.2) is 96.7 Å². The second-order valence-electron chi connectivity index (χ2n) is 24.7. The third-order valence-corrected chi connectivity index (χ3v) is 17.4. The number of phosphoric ester groups is 2. The van der Waals surface area contributed by atoms with Crippen LogP contribution in [0.25, 0.3) is 0 Å². The van der Waals surface area contributed by atoms with Crippen LogP contribution in [0.4, 0.5) is 0 Å². The van der Waals surface area contributed by atoms with Gasteiger partial charge in [0.25, 0.3) is 0 Å². The maximum absolute atomic E-state index is 13.0. The molecule has 0 bridgehead atoms. The van der Waals surface area contributed by atoms with E-state index >= 15 is 0 Å². The minimum Gasteiger partial charge on any atom is -0.462 e. The molecule has 0 saturated carbocycles. The normalized spacial score (nSPS) is 14.2. The molecule has 0 aliphatic rings. The van der Waals surface area contributed by atoms with Gasteiger partial charge in [0.2, 0.25) is 0 Å². The Morgan fingerprint density at radius 3 is 0.791 bits per heavy atom. The molecule has 19 heteroatoms. The standard InChI is InChI=1S/C67H130O17P2/c1-6-9-12-15-18-20-21-22-23-24-25-26-27-28-29-30-31-33-36-43-48-53-67(72)84-63(57-78-65(70)51-46-41-38-37-39-44-49-60(4)5)59-82-86(75,76)80-55-61(68)54-79-85(73,74)81-58-62(56-77-64(69)50-45-40-34-17-14-11-8-3)83-66(71)52-47-42-35-32-19-16-13-10-7-2/h60-63,68H,6-59H2,1-5H3,(H,73,74)(H,75,76)/t61-,62+,63+/m0/s1. The third kappa shape index (κ3) is 60.9. The van der Waals surface area contributed by atoms with Crippen molar-refractivity contribution in [1.29, 1.82) is 0 Å². The summed E-state index contributed by atoms with van der Waals surface area (Å²) in [6, 6.07) is 0. The molecule has 0 radical (unpaired) electrons. The molecular weight excluding hydrogens is 1140 g/mol. The number of aliphatic hydroxyl groups excluding tert-OH is 1. The van der Waals surface area contributed by atoms with Crippen molar-refractivity contribution < 1.29 is 80.2 Å². The van der Waals surface area contributed by atoms with Gasteiger partial charge in [0.1, 0.15) is 19.3 Å². The molecule has 0 rings (SSSR count). The summed E-state index contributed by atoms with van der Waals surface area (Å²) in [6.45, 7) is 7.07. The molecular formula is C67H130O17P2. The van der Waals surface area contributed by atoms with Crippen molar-refractivity contribution in [3.63, 3.8) is 0 Å². The molecule has 0 saturated heterocycles. The first-order chi connectivity index (χ1) is 41.5. The van der Waals surface area contributed by atoms with E-state index in [1.165, 1.54) is 148 Å². The van der Waals surface area contributed by atoms with Crippen LogP contribution in [0.2, 0.25) is 0 Å². The molecule has 0 aromatic carbocycles. The average Bonchev–Trinajstić information content (AvgIpc) is 3.69. The van der Waals surface area contributed by atoms with E-state index in [1.807, 2.05) is 0 Å². The molecule has 0 fully saturated rings. The summed E-state index contributed by atoms with van der Waals surface area (Å²) in [5.74, 6) is -1.46. The van der Waals surface area contributed by atoms with Crippen LogP contribution in [0.15, 0.2) is 0 Å². The topological polar surface area (TPSA) is 237 Å². The van der Waals surface area contributed by atoms with Gasteiger partial charge in [-0.25, -0.2) is 9.13 Å². The summed E-state index contributed by atoms with van der Waals surface area (Å²) in [5, 5.41) is 10.5. The second-order valence-corrected chi connectivity index (χ2v) is 27.6. The molecule has 86 heavy (non-hydrogen) atoms. The first-order valence-electron chi connectivity index (χ1n) is 35.1. The largest absolute Gasteiger partial charge is 0.472 e. The molecule has 0 aliphatic heterocycles. The quantitative estimate of drug-likeness (QED) is 0.0222. The SMILES string of the molecule is CCCCCCCCCCCCCCCCCCCCCCCC(=O)O[C@H](COC(=O)CCCCCCCCC(C)C)COP(=O)(O)OC[C@@H](O)COP(=O)(O)OC[C@@H](COC(=O)CCCCCCCCC)OC(=O)CCCCCCCCCCC. The van der Waals surface area contributed by atoms with Crippen molar-refractivity contribution in [1.82, 2.24) is 0 Å². The van der Waals surface area contributed by atoms with E-state index in [0.29, 0.717) is 31.6 Å². The Kier molecular flexibility index (Phi) is 59.2. The average molecular weight is 1270 g/mol. The number of carbonyl (C=O) groups excluding carboxylic acids is 4. The smallest absolute Gasteiger partial charge is 0.462 e. The fourth-order valence-corrected chi connectivity index (χ4v) is 11.7. The summed E-state index contributed by atoms with van der Waals surface area (Å²) in [7, 11) is -9.88. The van der Waals surface area contributed by atoms with Crippen LogP contribution in [0.1, 0.15) is 343 Å². The zero-order valence-electron chi connectivity index (χ0n) is 55.4. The highest BCUT2D eigenvalue weighted by molar-refractivity contribution is 7.47. The van der Waals surface area contributed by atoms with Gasteiger partial charge >= 0.3 is 39.5 Å². The van der Waals surface area contributed by atoms with Crippen LogP contribution >= 0.6 is 15.6 Å². The van der Waals surface area contributed by atoms with Crippen molar-refractivity contribution in [2.45, 2.75) is 361 Å². The Bertz CT molecular complexity index is 1670. The molecule has 2 unspecified atom stereocenters. The van der Waals surface area contributed by atoms with Gasteiger partial charge in [0.15, 0.2) is 12.2 Å². The summed E-state index contributed by atoms with van der Waals surface area (Å²) >= 11 is 0. The molecule has 17 nitrogen and oxygen atoms in total. The number of hydrogen-bond donors (Lipinski definition) is 3. The first kappa shape index (κ1) is 84.1. The Labute approximate surface area is 524 Å². The highest BCUT2D eigenvalue weighted by Crippen LogP contribution is 2.45. The second kappa shape index (κ2) is 60.6. The number of unbranched alkanes of at least 4 members (excludes halogenated alkanes) is 39. The lowest BCUT2D eigenvalue weighted by Gasteiger charge is -2.21. The first-order valence-corrected chi connectivity index (χ1v) is 38.1. The zero-order chi connectivity index (χ0) is 63.5. The highest BCUT2D eigenvalue weighted by atomic mass is 31.2. The summed E-state index contributed by atoms with van der Waals surface area (Å²) in [6.07, 6.45) is 46.3. The van der Waals surface area contributed by atoms with Gasteiger partial charge in [-0.2, -0.15) is 0 Å². The summed E-state index contributed by atoms with van der Waals surface area (Å²) < 4.78 is 67.9. The van der Waals surface area contributed by atoms with Crippen molar-refractivity contribution in [2.24, 2.45) is 5.92 Å². The van der Waals surface area contributed by atoms with E-state index in [-0.39, 0.29) is 25.7 Å². The lowest BCUT2D eigenvalue weighted by molar-refractivity contribution is -0.161. The van der Waals surface area contributed by atoms with Crippen LogP contribution in [0.5, 0.6) is 0 Å². The summed E-state index contributed by atoms with van der Waals surface area (Å²) in [5.41, 5.74) is 0. The Balaban J connectivity index is 5.08. The molecule has 5 atom stereocenters. The highest BCUT2D eigenvalue weighted by Gasteiger charge is 2.30. The molecule has 0 aliphatic carbocycles. The Morgan fingerprint density at radius 2 is 0.535 bits per heavy atom. The lowest BCUT2D eigenvalue weighted by atomic mass is 10.0. The number of hydrogen-bond acceptors (Lipinski definition) is 15. The fraction of sp³-hybridized carbons (Fsp3) is 0.940. The molecule has 510 valence electrons. The van der Waals surface area contributed by atoms with Crippen molar-refractivity contribution in [3.05, 3.63) is 0 Å². The van der Waals surface area contributed by atoms with Gasteiger partial charge in [-0.3, -0.25) is 37.3 Å². The van der Waals surface area contributed by atoms with E-state index in [9.17, 15) is 43.2 Å². The number of esters is 4. The molecule has 0 heterocycles. The van der Waals surface area contributed by atoms with E-state index in [2.05, 4.69) is 34.6 Å². The molecule has 3 N–H and O–H groups in total. The number of ether oxygens (including phenoxy) is 4. The van der Waals surface area contributed by atoms with E-state index in [4.69, 9.17) is 37.0 Å². The third-order valence-electron chi connectivity index (χ3n) is 15.5. The van der Waals surface area contributed by atoms with Gasteiger partial charge < -0.3 is 33.8 Å². The molecule has 0 aromatic rings. The van der Waals surface area contributed by atoms with Crippen molar-refractivity contribution >= 4 is 39.5 Å². The minimum atomic E-state index is -4.94. The van der Waals surface area contributed by atoms with Gasteiger partial charge in [-0.1, -0.05) is 291 Å². The van der Waals surface area contributed by atoms with E-state index in [0.717, 1.165) is 109 Å². The van der Waals surface area contributed by atoms with E-state index < -0.39 is 97.5 Å². The summed E-state index contributed by atoms with van der Waals surface area (Å²) in [4.78, 5) is 72.1. The Morgan fingerprint density at radius 1 is 0.314 bits per heavy atom. The molecule has 0 aromatic heterocycles. The minimum absolute atomic E-state index is 0.105. The molecule has 0 spiro atoms. The maximum atomic E-state index is 13.0. The van der Waals surface area contributed by atoms with Crippen molar-refractivity contribution in [2.75, 3.05) is 39.6 Å². The van der Waals surface area contributed by atoms with Crippen LogP contribution < -0.4 is 0 Å². The molecule has 0 amide bonds. The van der Waals surface area contributed by atoms with Crippen LogP contribution in [-0.2, 0) is 65.4 Å². The number of carbonyl (C=O) groups is 4. The maximum Gasteiger partial charge on any atom is 0.472 e. The zero-order valence-corrected chi connectivity index (χ0v) is 57.2. The van der Waals surface area contributed by atoms with Gasteiger partial charge in [0, 0.05) is 25.7 Å². The predicted molar refractivity (Wildman–Crippen MR) is 345 cm³/mol. The number of phosphoric acid groups is 2. The van der Waals surface area contributed by atoms with Gasteiger partial charge in [-0.05, 0) is 31.6 Å². The monoisotopic (exact) mass is 1270 g/mol.